The lowest BCUT2D eigenvalue weighted by Gasteiger charge is -2.33. The van der Waals surface area contributed by atoms with Gasteiger partial charge in [0, 0.05) is 4.90 Å². The number of thioether (sulfide) groups is 1. The van der Waals surface area contributed by atoms with Crippen molar-refractivity contribution >= 4 is 35.3 Å². The molecule has 0 spiro atoms. The summed E-state index contributed by atoms with van der Waals surface area (Å²) in [5.41, 5.74) is 0.954. The van der Waals surface area contributed by atoms with Crippen LogP contribution >= 0.6 is 11.8 Å². The Labute approximate surface area is 185 Å². The summed E-state index contributed by atoms with van der Waals surface area (Å²) in [5, 5.41) is 8.89. The Balaban J connectivity index is 1.90. The smallest absolute Gasteiger partial charge is 0.338 e. The van der Waals surface area contributed by atoms with Crippen molar-refractivity contribution in [1.82, 2.24) is 0 Å². The molecule has 2 aromatic carbocycles. The number of rotatable bonds is 6. The first-order valence-corrected chi connectivity index (χ1v) is 10.7. The van der Waals surface area contributed by atoms with Crippen molar-refractivity contribution in [3.63, 3.8) is 0 Å². The Hall–Kier alpha value is -3.00. The normalized spacial score (nSPS) is 15.9. The van der Waals surface area contributed by atoms with Gasteiger partial charge < -0.3 is 14.6 Å². The molecule has 8 heteroatoms. The number of amides is 1. The maximum atomic E-state index is 13.2. The molecule has 164 valence electrons. The van der Waals surface area contributed by atoms with Crippen LogP contribution in [0.1, 0.15) is 36.7 Å². The molecule has 2 aromatic rings. The average Bonchev–Trinajstić information content (AvgIpc) is 2.70. The monoisotopic (exact) mass is 443 g/mol. The number of hydrogen-bond donors (Lipinski definition) is 1. The molecule has 3 rings (SSSR count). The van der Waals surface area contributed by atoms with Crippen LogP contribution in [0.25, 0.3) is 0 Å². The van der Waals surface area contributed by atoms with Crippen molar-refractivity contribution < 1.29 is 29.0 Å². The van der Waals surface area contributed by atoms with E-state index in [0.29, 0.717) is 12.1 Å². The molecule has 0 saturated carbocycles. The van der Waals surface area contributed by atoms with E-state index in [0.717, 1.165) is 16.2 Å². The van der Waals surface area contributed by atoms with Gasteiger partial charge in [-0.05, 0) is 63.1 Å². The molecule has 0 aliphatic carbocycles. The van der Waals surface area contributed by atoms with Crippen LogP contribution in [-0.4, -0.2) is 47.5 Å². The summed E-state index contributed by atoms with van der Waals surface area (Å²) in [5.74, 6) is -1.24. The Morgan fingerprint density at radius 1 is 1.13 bits per heavy atom. The van der Waals surface area contributed by atoms with Crippen molar-refractivity contribution in [3.8, 4) is 5.75 Å². The van der Waals surface area contributed by atoms with Gasteiger partial charge in [0.1, 0.15) is 17.9 Å². The zero-order valence-electron chi connectivity index (χ0n) is 17.9. The summed E-state index contributed by atoms with van der Waals surface area (Å²) in [6, 6.07) is 12.3. The molecular formula is C23H25NO6S. The number of nitrogens with zero attached hydrogens (tertiary/aromatic N) is 1. The van der Waals surface area contributed by atoms with Gasteiger partial charge in [-0.2, -0.15) is 0 Å². The topological polar surface area (TPSA) is 93.1 Å². The first-order chi connectivity index (χ1) is 14.6. The number of carboxylic acid groups (broad SMARTS) is 1. The molecule has 1 N–H and O–H groups in total. The molecule has 0 saturated heterocycles. The van der Waals surface area contributed by atoms with Gasteiger partial charge >= 0.3 is 11.9 Å². The molecule has 0 fully saturated rings. The predicted octanol–water partition coefficient (Wildman–Crippen LogP) is 3.79. The molecule has 1 atom stereocenters. The number of carbonyl (C=O) groups is 3. The van der Waals surface area contributed by atoms with Gasteiger partial charge in [0.25, 0.3) is 0 Å². The van der Waals surface area contributed by atoms with Crippen LogP contribution in [0.5, 0.6) is 5.75 Å². The molecule has 0 bridgehead atoms. The van der Waals surface area contributed by atoms with Gasteiger partial charge in [0.2, 0.25) is 5.91 Å². The van der Waals surface area contributed by atoms with E-state index in [1.807, 2.05) is 24.3 Å². The summed E-state index contributed by atoms with van der Waals surface area (Å²) in [7, 11) is 1.59. The lowest BCUT2D eigenvalue weighted by Crippen LogP contribution is -2.44. The third-order valence-electron chi connectivity index (χ3n) is 4.57. The minimum atomic E-state index is -1.13. The number of benzene rings is 2. The third-order valence-corrected chi connectivity index (χ3v) is 5.82. The van der Waals surface area contributed by atoms with Gasteiger partial charge in [-0.3, -0.25) is 14.5 Å². The van der Waals surface area contributed by atoms with Crippen molar-refractivity contribution in [1.29, 1.82) is 0 Å². The fourth-order valence-electron chi connectivity index (χ4n) is 3.19. The van der Waals surface area contributed by atoms with Gasteiger partial charge in [-0.25, -0.2) is 4.79 Å². The maximum absolute atomic E-state index is 13.2. The maximum Gasteiger partial charge on any atom is 0.338 e. The SMILES string of the molecule is COc1ccc(CC2Sc3ccc(C(=O)OC(C)(C)C)cc3N(CC(=O)O)C2=O)cc1. The van der Waals surface area contributed by atoms with E-state index < -0.39 is 29.3 Å². The quantitative estimate of drug-likeness (QED) is 0.679. The van der Waals surface area contributed by atoms with Gasteiger partial charge in [-0.1, -0.05) is 12.1 Å². The minimum absolute atomic E-state index is 0.270. The van der Waals surface area contributed by atoms with Crippen LogP contribution in [0.4, 0.5) is 5.69 Å². The number of aliphatic carboxylic acids is 1. The van der Waals surface area contributed by atoms with E-state index in [4.69, 9.17) is 9.47 Å². The van der Waals surface area contributed by atoms with Gasteiger partial charge in [0.05, 0.1) is 23.6 Å². The second-order valence-electron chi connectivity index (χ2n) is 8.16. The highest BCUT2D eigenvalue weighted by Gasteiger charge is 2.35. The number of methoxy groups -OCH3 is 1. The van der Waals surface area contributed by atoms with Crippen molar-refractivity contribution in [2.45, 2.75) is 42.9 Å². The molecule has 1 aliphatic heterocycles. The first kappa shape index (κ1) is 22.7. The molecule has 0 aromatic heterocycles. The van der Waals surface area contributed by atoms with Crippen molar-refractivity contribution in [2.75, 3.05) is 18.6 Å². The summed E-state index contributed by atoms with van der Waals surface area (Å²) in [6.45, 7) is 4.82. The largest absolute Gasteiger partial charge is 0.497 e. The first-order valence-electron chi connectivity index (χ1n) is 9.77. The summed E-state index contributed by atoms with van der Waals surface area (Å²) in [4.78, 5) is 39.1. The second-order valence-corrected chi connectivity index (χ2v) is 9.41. The van der Waals surface area contributed by atoms with E-state index in [-0.39, 0.29) is 11.5 Å². The van der Waals surface area contributed by atoms with Crippen molar-refractivity contribution in [2.24, 2.45) is 0 Å². The van der Waals surface area contributed by atoms with Crippen LogP contribution in [-0.2, 0) is 20.7 Å². The van der Waals surface area contributed by atoms with E-state index in [1.165, 1.54) is 22.7 Å². The highest BCUT2D eigenvalue weighted by atomic mass is 32.2. The molecular weight excluding hydrogens is 418 g/mol. The van der Waals surface area contributed by atoms with Gasteiger partial charge in [-0.15, -0.1) is 11.8 Å². The third kappa shape index (κ3) is 5.58. The number of hydrogen-bond acceptors (Lipinski definition) is 6. The Morgan fingerprint density at radius 2 is 1.81 bits per heavy atom. The number of fused-ring (bicyclic) bond motifs is 1. The Bertz CT molecular complexity index is 996. The van der Waals surface area contributed by atoms with E-state index in [9.17, 15) is 19.5 Å². The number of anilines is 1. The zero-order valence-corrected chi connectivity index (χ0v) is 18.7. The van der Waals surface area contributed by atoms with Crippen LogP contribution in [0.3, 0.4) is 0 Å². The Morgan fingerprint density at radius 3 is 2.39 bits per heavy atom. The number of ether oxygens (including phenoxy) is 2. The lowest BCUT2D eigenvalue weighted by molar-refractivity contribution is -0.136. The molecule has 7 nitrogen and oxygen atoms in total. The molecule has 0 radical (unpaired) electrons. The fraction of sp³-hybridized carbons (Fsp3) is 0.348. The summed E-state index contributed by atoms with van der Waals surface area (Å²) in [6.07, 6.45) is 0.441. The molecule has 31 heavy (non-hydrogen) atoms. The average molecular weight is 444 g/mol. The molecule has 1 unspecified atom stereocenters. The number of carboxylic acids is 1. The number of esters is 1. The van der Waals surface area contributed by atoms with Crippen LogP contribution in [0, 0.1) is 0 Å². The van der Waals surface area contributed by atoms with E-state index in [1.54, 1.807) is 40.0 Å². The minimum Gasteiger partial charge on any atom is -0.497 e. The standard InChI is InChI=1S/C23H25NO6S/c1-23(2,3)30-22(28)15-7-10-18-17(12-15)24(13-20(25)26)21(27)19(31-18)11-14-5-8-16(29-4)9-6-14/h5-10,12,19H,11,13H2,1-4H3,(H,25,26). The molecule has 1 aliphatic rings. The highest BCUT2D eigenvalue weighted by Crippen LogP contribution is 2.41. The fourth-order valence-corrected chi connectivity index (χ4v) is 4.44. The second kappa shape index (κ2) is 9.01. The lowest BCUT2D eigenvalue weighted by atomic mass is 10.1. The highest BCUT2D eigenvalue weighted by molar-refractivity contribution is 8.01. The van der Waals surface area contributed by atoms with Crippen molar-refractivity contribution in [3.05, 3.63) is 53.6 Å². The van der Waals surface area contributed by atoms with Crippen LogP contribution in [0.2, 0.25) is 0 Å². The van der Waals surface area contributed by atoms with E-state index in [2.05, 4.69) is 0 Å². The molecule has 1 amide bonds. The Kier molecular flexibility index (Phi) is 6.59. The molecule has 1 heterocycles. The van der Waals surface area contributed by atoms with Crippen LogP contribution in [0.15, 0.2) is 47.4 Å². The summed E-state index contributed by atoms with van der Waals surface area (Å²) < 4.78 is 10.6. The van der Waals surface area contributed by atoms with Gasteiger partial charge in [0.15, 0.2) is 0 Å². The zero-order chi connectivity index (χ0) is 22.8. The van der Waals surface area contributed by atoms with Crippen LogP contribution < -0.4 is 9.64 Å². The van der Waals surface area contributed by atoms with E-state index >= 15 is 0 Å². The number of carbonyl (C=O) groups excluding carboxylic acids is 2. The predicted molar refractivity (Wildman–Crippen MR) is 118 cm³/mol. The summed E-state index contributed by atoms with van der Waals surface area (Å²) >= 11 is 1.37.